The van der Waals surface area contributed by atoms with Gasteiger partial charge in [0.1, 0.15) is 0 Å². The summed E-state index contributed by atoms with van der Waals surface area (Å²) in [6.45, 7) is 4.49. The number of aliphatic carboxylic acids is 2. The minimum atomic E-state index is -5.14. The Labute approximate surface area is 325 Å². The third-order valence-electron chi connectivity index (χ3n) is 10.4. The zero-order valence-electron chi connectivity index (χ0n) is 31.5. The number of hydrogen-bond donors (Lipinski definition) is 3. The Kier molecular flexibility index (Phi) is 36.3. The molecule has 0 saturated heterocycles. The Morgan fingerprint density at radius 1 is 0.469 bits per heavy atom. The predicted molar refractivity (Wildman–Crippen MR) is 209 cm³/mol. The van der Waals surface area contributed by atoms with Gasteiger partial charge < -0.3 is 10.2 Å². The Morgan fingerprint density at radius 2 is 0.714 bits per heavy atom. The molecule has 0 fully saturated rings. The standard InChI is InChI=1S/C40H78O7S.Na.H/c1-3-5-7-9-11-13-15-17-19-21-23-25-27-29-31-33-35-37(38(41)42)40(39(43)44,48(45,46)47)36-34-32-30-28-26-24-22-20-18-16-14-12-10-8-6-4-2;;/h37H,3-36H2,1-2H3,(H,41,42)(H,43,44)(H,45,46,47);;. The Hall–Kier alpha value is -0.150. The number of rotatable bonds is 38. The summed E-state index contributed by atoms with van der Waals surface area (Å²) in [6, 6.07) is 0. The molecule has 0 aromatic carbocycles. The first kappa shape index (κ1) is 51.0. The summed E-state index contributed by atoms with van der Waals surface area (Å²) in [7, 11) is -5.14. The van der Waals surface area contributed by atoms with E-state index in [1.165, 1.54) is 141 Å². The van der Waals surface area contributed by atoms with Crippen molar-refractivity contribution >= 4 is 51.6 Å². The van der Waals surface area contributed by atoms with Crippen LogP contribution in [0.4, 0.5) is 0 Å². The van der Waals surface area contributed by atoms with Crippen LogP contribution in [0.15, 0.2) is 0 Å². The van der Waals surface area contributed by atoms with Gasteiger partial charge in [0, 0.05) is 0 Å². The van der Waals surface area contributed by atoms with Crippen LogP contribution in [0.3, 0.4) is 0 Å². The van der Waals surface area contributed by atoms with Crippen LogP contribution in [0.5, 0.6) is 0 Å². The van der Waals surface area contributed by atoms with Crippen LogP contribution in [0.1, 0.15) is 232 Å². The maximum atomic E-state index is 12.5. The molecule has 49 heavy (non-hydrogen) atoms. The molecule has 0 radical (unpaired) electrons. The minimum absolute atomic E-state index is 0. The molecule has 0 rings (SSSR count). The molecule has 0 amide bonds. The normalized spacial score (nSPS) is 13.5. The first-order chi connectivity index (χ1) is 23.1. The predicted octanol–water partition coefficient (Wildman–Crippen LogP) is 12.1. The summed E-state index contributed by atoms with van der Waals surface area (Å²) >= 11 is 0. The molecule has 9 heteroatoms. The molecule has 0 aliphatic rings. The van der Waals surface area contributed by atoms with Gasteiger partial charge in [-0.05, 0) is 12.8 Å². The topological polar surface area (TPSA) is 129 Å². The zero-order chi connectivity index (χ0) is 35.8. The van der Waals surface area contributed by atoms with Crippen molar-refractivity contribution in [2.75, 3.05) is 0 Å². The average molecular weight is 727 g/mol. The van der Waals surface area contributed by atoms with Gasteiger partial charge in [-0.25, -0.2) is 0 Å². The molecule has 0 saturated carbocycles. The number of carbonyl (C=O) groups is 2. The second-order valence-corrected chi connectivity index (χ2v) is 16.4. The second-order valence-electron chi connectivity index (χ2n) is 14.7. The SMILES string of the molecule is CCCCCCCCCCCCCCCCCCC(C(=O)O)C(CCCCCCCCCCCCCCCCCC)(C(=O)O)S(=O)(=O)O.[NaH]. The van der Waals surface area contributed by atoms with E-state index in [-0.39, 0.29) is 48.8 Å². The second kappa shape index (κ2) is 34.9. The quantitative estimate of drug-likeness (QED) is 0.0328. The summed E-state index contributed by atoms with van der Waals surface area (Å²) in [5.41, 5.74) is 0. The Balaban J connectivity index is 0. The maximum absolute atomic E-state index is 12.5. The number of hydrogen-bond acceptors (Lipinski definition) is 4. The van der Waals surface area contributed by atoms with Crippen LogP contribution < -0.4 is 0 Å². The van der Waals surface area contributed by atoms with Crippen LogP contribution in [0, 0.1) is 5.92 Å². The molecule has 288 valence electrons. The van der Waals surface area contributed by atoms with E-state index in [9.17, 15) is 32.8 Å². The fourth-order valence-corrected chi connectivity index (χ4v) is 8.44. The first-order valence-electron chi connectivity index (χ1n) is 20.6. The molecule has 2 unspecified atom stereocenters. The fraction of sp³-hybridized carbons (Fsp3) is 0.950. The molecular weight excluding hydrogens is 647 g/mol. The molecule has 0 heterocycles. The third-order valence-corrected chi connectivity index (χ3v) is 12.0. The van der Waals surface area contributed by atoms with E-state index < -0.39 is 32.7 Å². The van der Waals surface area contributed by atoms with Crippen molar-refractivity contribution in [2.45, 2.75) is 237 Å². The van der Waals surface area contributed by atoms with Crippen molar-refractivity contribution in [3.8, 4) is 0 Å². The monoisotopic (exact) mass is 727 g/mol. The van der Waals surface area contributed by atoms with Crippen LogP contribution >= 0.6 is 0 Å². The van der Waals surface area contributed by atoms with Crippen molar-refractivity contribution in [1.82, 2.24) is 0 Å². The van der Waals surface area contributed by atoms with Crippen LogP contribution in [0.2, 0.25) is 0 Å². The molecule has 0 bridgehead atoms. The Morgan fingerprint density at radius 3 is 0.939 bits per heavy atom. The van der Waals surface area contributed by atoms with Gasteiger partial charge in [0.15, 0.2) is 0 Å². The van der Waals surface area contributed by atoms with E-state index in [1.807, 2.05) is 0 Å². The van der Waals surface area contributed by atoms with Gasteiger partial charge >= 0.3 is 41.5 Å². The van der Waals surface area contributed by atoms with Gasteiger partial charge in [0.05, 0.1) is 5.92 Å². The van der Waals surface area contributed by atoms with Crippen LogP contribution in [-0.4, -0.2) is 69.4 Å². The van der Waals surface area contributed by atoms with E-state index in [0.717, 1.165) is 44.9 Å². The molecule has 0 aromatic rings. The summed E-state index contributed by atoms with van der Waals surface area (Å²) in [5, 5.41) is 20.0. The third kappa shape index (κ3) is 26.3. The Bertz CT molecular complexity index is 867. The molecule has 3 N–H and O–H groups in total. The van der Waals surface area contributed by atoms with Gasteiger partial charge in [-0.2, -0.15) is 8.42 Å². The van der Waals surface area contributed by atoms with Gasteiger partial charge in [0.25, 0.3) is 10.1 Å². The number of carboxylic acid groups (broad SMARTS) is 2. The molecular formula is C40H79NaO7S. The van der Waals surface area contributed by atoms with Crippen molar-refractivity contribution in [1.29, 1.82) is 0 Å². The number of unbranched alkanes of at least 4 members (excludes halogenated alkanes) is 30. The van der Waals surface area contributed by atoms with Crippen LogP contribution in [-0.2, 0) is 19.7 Å². The molecule has 0 aromatic heterocycles. The van der Waals surface area contributed by atoms with Crippen LogP contribution in [0.25, 0.3) is 0 Å². The average Bonchev–Trinajstić information content (AvgIpc) is 3.03. The van der Waals surface area contributed by atoms with Gasteiger partial charge in [-0.15, -0.1) is 0 Å². The van der Waals surface area contributed by atoms with Gasteiger partial charge in [0.2, 0.25) is 4.75 Å². The van der Waals surface area contributed by atoms with Crippen molar-refractivity contribution in [3.05, 3.63) is 0 Å². The van der Waals surface area contributed by atoms with E-state index in [2.05, 4.69) is 13.8 Å². The van der Waals surface area contributed by atoms with E-state index in [1.54, 1.807) is 0 Å². The molecule has 0 spiro atoms. The van der Waals surface area contributed by atoms with Crippen molar-refractivity contribution in [3.63, 3.8) is 0 Å². The van der Waals surface area contributed by atoms with E-state index >= 15 is 0 Å². The fourth-order valence-electron chi connectivity index (χ4n) is 7.24. The molecule has 2 atom stereocenters. The van der Waals surface area contributed by atoms with Crippen molar-refractivity contribution < 1.29 is 32.8 Å². The molecule has 7 nitrogen and oxygen atoms in total. The zero-order valence-corrected chi connectivity index (χ0v) is 32.3. The van der Waals surface area contributed by atoms with Gasteiger partial charge in [-0.3, -0.25) is 14.1 Å². The number of carboxylic acids is 2. The van der Waals surface area contributed by atoms with E-state index in [4.69, 9.17) is 0 Å². The van der Waals surface area contributed by atoms with E-state index in [0.29, 0.717) is 12.8 Å². The molecule has 0 aliphatic heterocycles. The van der Waals surface area contributed by atoms with Crippen molar-refractivity contribution in [2.24, 2.45) is 5.92 Å². The summed E-state index contributed by atoms with van der Waals surface area (Å²) in [5.74, 6) is -4.89. The first-order valence-corrected chi connectivity index (χ1v) is 22.0. The summed E-state index contributed by atoms with van der Waals surface area (Å²) < 4.78 is 32.4. The summed E-state index contributed by atoms with van der Waals surface area (Å²) in [6.07, 6.45) is 36.4. The molecule has 0 aliphatic carbocycles. The summed E-state index contributed by atoms with van der Waals surface area (Å²) in [4.78, 5) is 24.6. The van der Waals surface area contributed by atoms with Gasteiger partial charge in [-0.1, -0.05) is 219 Å².